The lowest BCUT2D eigenvalue weighted by Gasteiger charge is -2.30. The number of piperidine rings is 1. The maximum Gasteiger partial charge on any atom is 0.270 e. The van der Waals surface area contributed by atoms with Crippen LogP contribution in [0.1, 0.15) is 29.0 Å². The van der Waals surface area contributed by atoms with Crippen LogP contribution in [-0.4, -0.2) is 28.0 Å². The highest BCUT2D eigenvalue weighted by Gasteiger charge is 2.18. The van der Waals surface area contributed by atoms with Gasteiger partial charge in [-0.25, -0.2) is 0 Å². The fraction of sp³-hybridized carbons (Fsp3) is 0.412. The molecule has 1 fully saturated rings. The number of aryl methyl sites for hydroxylation is 1. The average Bonchev–Trinajstić information content (AvgIpc) is 2.94. The van der Waals surface area contributed by atoms with E-state index in [1.165, 1.54) is 10.4 Å². The van der Waals surface area contributed by atoms with Crippen LogP contribution in [0, 0.1) is 12.8 Å². The Kier molecular flexibility index (Phi) is 4.85. The Morgan fingerprint density at radius 3 is 2.95 bits per heavy atom. The van der Waals surface area contributed by atoms with E-state index in [0.717, 1.165) is 25.9 Å². The van der Waals surface area contributed by atoms with Crippen molar-refractivity contribution in [1.82, 2.24) is 14.9 Å². The molecule has 116 valence electrons. The Morgan fingerprint density at radius 2 is 2.27 bits per heavy atom. The molecule has 0 atom stereocenters. The van der Waals surface area contributed by atoms with Crippen molar-refractivity contribution in [3.05, 3.63) is 56.4 Å². The molecule has 0 aliphatic carbocycles. The van der Waals surface area contributed by atoms with Gasteiger partial charge in [-0.1, -0.05) is 6.08 Å². The summed E-state index contributed by atoms with van der Waals surface area (Å²) < 4.78 is 0. The SMILES string of the molecule is Cc1ccsc1C=CC1CCN(Cc2ncc[nH]c2=O)CC1. The quantitative estimate of drug-likeness (QED) is 0.943. The number of hydrogen-bond acceptors (Lipinski definition) is 4. The van der Waals surface area contributed by atoms with Gasteiger partial charge < -0.3 is 4.98 Å². The fourth-order valence-electron chi connectivity index (χ4n) is 2.79. The van der Waals surface area contributed by atoms with Gasteiger partial charge in [-0.3, -0.25) is 14.7 Å². The van der Waals surface area contributed by atoms with E-state index in [1.807, 2.05) is 0 Å². The third-order valence-electron chi connectivity index (χ3n) is 4.21. The molecule has 2 aromatic heterocycles. The maximum atomic E-state index is 11.7. The van der Waals surface area contributed by atoms with Crippen LogP contribution in [0.2, 0.25) is 0 Å². The van der Waals surface area contributed by atoms with Crippen molar-refractivity contribution in [3.8, 4) is 0 Å². The molecule has 1 N–H and O–H groups in total. The van der Waals surface area contributed by atoms with Gasteiger partial charge in [-0.2, -0.15) is 0 Å². The summed E-state index contributed by atoms with van der Waals surface area (Å²) in [6.07, 6.45) is 10.1. The number of nitrogens with zero attached hydrogens (tertiary/aromatic N) is 2. The monoisotopic (exact) mass is 315 g/mol. The number of H-pyrrole nitrogens is 1. The first kappa shape index (κ1) is 15.2. The molecule has 1 aliphatic rings. The van der Waals surface area contributed by atoms with Crippen LogP contribution < -0.4 is 5.56 Å². The van der Waals surface area contributed by atoms with Crippen LogP contribution in [-0.2, 0) is 6.54 Å². The van der Waals surface area contributed by atoms with Crippen molar-refractivity contribution in [2.75, 3.05) is 13.1 Å². The molecule has 1 saturated heterocycles. The highest BCUT2D eigenvalue weighted by atomic mass is 32.1. The third kappa shape index (κ3) is 3.72. The van der Waals surface area contributed by atoms with Crippen LogP contribution >= 0.6 is 11.3 Å². The van der Waals surface area contributed by atoms with Crippen molar-refractivity contribution in [1.29, 1.82) is 0 Å². The summed E-state index contributed by atoms with van der Waals surface area (Å²) in [7, 11) is 0. The number of aromatic nitrogens is 2. The number of allylic oxidation sites excluding steroid dienone is 1. The molecule has 0 bridgehead atoms. The number of rotatable bonds is 4. The summed E-state index contributed by atoms with van der Waals surface area (Å²) in [5.41, 5.74) is 1.90. The number of nitrogens with one attached hydrogen (secondary N) is 1. The molecule has 0 amide bonds. The molecule has 0 aromatic carbocycles. The highest BCUT2D eigenvalue weighted by Crippen LogP contribution is 2.23. The lowest BCUT2D eigenvalue weighted by molar-refractivity contribution is 0.193. The standard InChI is InChI=1S/C17H21N3OS/c1-13-6-11-22-16(13)3-2-14-4-9-20(10-5-14)12-15-17(21)19-8-7-18-15/h2-3,6-8,11,14H,4-5,9-10,12H2,1H3,(H,19,21). The molecule has 0 unspecified atom stereocenters. The third-order valence-corrected chi connectivity index (χ3v) is 5.19. The van der Waals surface area contributed by atoms with E-state index in [0.29, 0.717) is 18.2 Å². The second-order valence-corrected chi connectivity index (χ2v) is 6.75. The number of thiophene rings is 1. The van der Waals surface area contributed by atoms with E-state index in [2.05, 4.69) is 45.4 Å². The number of aromatic amines is 1. The average molecular weight is 315 g/mol. The predicted molar refractivity (Wildman–Crippen MR) is 90.9 cm³/mol. The van der Waals surface area contributed by atoms with Crippen LogP contribution in [0.25, 0.3) is 6.08 Å². The highest BCUT2D eigenvalue weighted by molar-refractivity contribution is 7.11. The summed E-state index contributed by atoms with van der Waals surface area (Å²) in [6.45, 7) is 4.85. The minimum absolute atomic E-state index is 0.0716. The maximum absolute atomic E-state index is 11.7. The van der Waals surface area contributed by atoms with E-state index in [-0.39, 0.29) is 5.56 Å². The van der Waals surface area contributed by atoms with Gasteiger partial charge in [0.05, 0.1) is 0 Å². The second-order valence-electron chi connectivity index (χ2n) is 5.81. The van der Waals surface area contributed by atoms with Gasteiger partial charge in [0.25, 0.3) is 5.56 Å². The van der Waals surface area contributed by atoms with Gasteiger partial charge in [0.15, 0.2) is 0 Å². The van der Waals surface area contributed by atoms with E-state index >= 15 is 0 Å². The Morgan fingerprint density at radius 1 is 1.45 bits per heavy atom. The van der Waals surface area contributed by atoms with Gasteiger partial charge >= 0.3 is 0 Å². The van der Waals surface area contributed by atoms with Gasteiger partial charge in [0.2, 0.25) is 0 Å². The Bertz CT molecular complexity index is 696. The van der Waals surface area contributed by atoms with Crippen molar-refractivity contribution < 1.29 is 0 Å². The molecule has 2 aromatic rings. The van der Waals surface area contributed by atoms with E-state index in [4.69, 9.17) is 0 Å². The second kappa shape index (κ2) is 7.03. The summed E-state index contributed by atoms with van der Waals surface area (Å²) >= 11 is 1.80. The van der Waals surface area contributed by atoms with E-state index in [1.54, 1.807) is 23.7 Å². The minimum atomic E-state index is -0.0716. The first-order chi connectivity index (χ1) is 10.7. The van der Waals surface area contributed by atoms with Crippen molar-refractivity contribution in [2.45, 2.75) is 26.3 Å². The zero-order chi connectivity index (χ0) is 15.4. The Hall–Kier alpha value is -1.72. The number of likely N-dealkylation sites (tertiary alicyclic amines) is 1. The first-order valence-electron chi connectivity index (χ1n) is 7.69. The fourth-order valence-corrected chi connectivity index (χ4v) is 3.62. The topological polar surface area (TPSA) is 49.0 Å². The van der Waals surface area contributed by atoms with Gasteiger partial charge in [-0.05, 0) is 61.9 Å². The van der Waals surface area contributed by atoms with Gasteiger partial charge in [0.1, 0.15) is 5.69 Å². The normalized spacial score (nSPS) is 17.3. The molecular formula is C17H21N3OS. The molecule has 5 heteroatoms. The smallest absolute Gasteiger partial charge is 0.270 e. The van der Waals surface area contributed by atoms with Crippen molar-refractivity contribution in [3.63, 3.8) is 0 Å². The molecule has 3 heterocycles. The Labute approximate surface area is 134 Å². The summed E-state index contributed by atoms with van der Waals surface area (Å²) in [5, 5.41) is 2.14. The zero-order valence-electron chi connectivity index (χ0n) is 12.8. The van der Waals surface area contributed by atoms with Crippen LogP contribution in [0.15, 0.2) is 34.7 Å². The summed E-state index contributed by atoms with van der Waals surface area (Å²) in [6, 6.07) is 2.16. The Balaban J connectivity index is 1.52. The molecule has 0 spiro atoms. The van der Waals surface area contributed by atoms with Crippen molar-refractivity contribution in [2.24, 2.45) is 5.92 Å². The molecule has 22 heavy (non-hydrogen) atoms. The van der Waals surface area contributed by atoms with Gasteiger partial charge in [-0.15, -0.1) is 11.3 Å². The molecule has 3 rings (SSSR count). The van der Waals surface area contributed by atoms with E-state index in [9.17, 15) is 4.79 Å². The minimum Gasteiger partial charge on any atom is -0.326 e. The summed E-state index contributed by atoms with van der Waals surface area (Å²) in [5.74, 6) is 0.639. The van der Waals surface area contributed by atoms with Crippen LogP contribution in [0.5, 0.6) is 0 Å². The van der Waals surface area contributed by atoms with Crippen molar-refractivity contribution >= 4 is 17.4 Å². The van der Waals surface area contributed by atoms with Gasteiger partial charge in [0, 0.05) is 23.8 Å². The molecule has 1 aliphatic heterocycles. The molecular weight excluding hydrogens is 294 g/mol. The predicted octanol–water partition coefficient (Wildman–Crippen LogP) is 3.07. The largest absolute Gasteiger partial charge is 0.326 e. The molecule has 0 radical (unpaired) electrons. The first-order valence-corrected chi connectivity index (χ1v) is 8.57. The zero-order valence-corrected chi connectivity index (χ0v) is 13.6. The molecule has 4 nitrogen and oxygen atoms in total. The number of hydrogen-bond donors (Lipinski definition) is 1. The van der Waals surface area contributed by atoms with E-state index < -0.39 is 0 Å². The van der Waals surface area contributed by atoms with Crippen LogP contribution in [0.4, 0.5) is 0 Å². The molecule has 0 saturated carbocycles. The lowest BCUT2D eigenvalue weighted by atomic mass is 9.96. The lowest BCUT2D eigenvalue weighted by Crippen LogP contribution is -2.34. The summed E-state index contributed by atoms with van der Waals surface area (Å²) in [4.78, 5) is 22.2. The van der Waals surface area contributed by atoms with Crippen LogP contribution in [0.3, 0.4) is 0 Å².